The van der Waals surface area contributed by atoms with Crippen LogP contribution in [0.3, 0.4) is 0 Å². The highest BCUT2D eigenvalue weighted by molar-refractivity contribution is 6.00. The van der Waals surface area contributed by atoms with Gasteiger partial charge in [0.05, 0.1) is 29.6 Å². The van der Waals surface area contributed by atoms with Gasteiger partial charge in [-0.3, -0.25) is 0 Å². The first-order valence-corrected chi connectivity index (χ1v) is 12.7. The van der Waals surface area contributed by atoms with Crippen LogP contribution in [0.5, 0.6) is 0 Å². The van der Waals surface area contributed by atoms with E-state index < -0.39 is 40.8 Å². The summed E-state index contributed by atoms with van der Waals surface area (Å²) in [4.78, 5) is 36.4. The molecule has 222 valence electrons. The fourth-order valence-electron chi connectivity index (χ4n) is 4.38. The molecule has 0 spiro atoms. The van der Waals surface area contributed by atoms with Crippen LogP contribution in [0.25, 0.3) is 28.1 Å². The van der Waals surface area contributed by atoms with Crippen molar-refractivity contribution in [3.05, 3.63) is 96.7 Å². The van der Waals surface area contributed by atoms with Crippen molar-refractivity contribution in [3.8, 4) is 16.9 Å². The van der Waals surface area contributed by atoms with Gasteiger partial charge in [-0.1, -0.05) is 0 Å². The van der Waals surface area contributed by atoms with E-state index in [4.69, 9.17) is 0 Å². The fraction of sp³-hybridized carbons (Fsp3) is 0.0714. The van der Waals surface area contributed by atoms with Crippen molar-refractivity contribution in [2.75, 3.05) is 16.0 Å². The zero-order valence-corrected chi connectivity index (χ0v) is 22.4. The molecule has 0 radical (unpaired) electrons. The van der Waals surface area contributed by atoms with Crippen LogP contribution in [-0.4, -0.2) is 40.5 Å². The first kappa shape index (κ1) is 28.2. The molecule has 44 heavy (non-hydrogen) atoms. The fourth-order valence-corrected chi connectivity index (χ4v) is 4.38. The number of halogens is 5. The van der Waals surface area contributed by atoms with Crippen molar-refractivity contribution < 1.29 is 26.7 Å². The van der Waals surface area contributed by atoms with Gasteiger partial charge in [0, 0.05) is 29.3 Å². The molecule has 0 unspecified atom stereocenters. The SMILES string of the molecule is Cc1cn(-c2cc(NC(=O)Nc3ccc(F)c(Nc4ncccc4-c4ncnc5[nH]cnc45)c3F)cc(C(F)(F)F)c2)cn1. The van der Waals surface area contributed by atoms with Gasteiger partial charge in [-0.2, -0.15) is 13.2 Å². The molecule has 4 N–H and O–H groups in total. The molecule has 0 aliphatic heterocycles. The Morgan fingerprint density at radius 2 is 1.82 bits per heavy atom. The molecule has 4 heterocycles. The van der Waals surface area contributed by atoms with Crippen molar-refractivity contribution in [1.82, 2.24) is 34.5 Å². The van der Waals surface area contributed by atoms with E-state index in [-0.39, 0.29) is 17.2 Å². The normalized spacial score (nSPS) is 11.5. The predicted molar refractivity (Wildman–Crippen MR) is 150 cm³/mol. The van der Waals surface area contributed by atoms with Gasteiger partial charge in [0.1, 0.15) is 34.9 Å². The zero-order chi connectivity index (χ0) is 31.0. The number of nitrogens with one attached hydrogen (secondary N) is 4. The smallest absolute Gasteiger partial charge is 0.335 e. The highest BCUT2D eigenvalue weighted by atomic mass is 19.4. The summed E-state index contributed by atoms with van der Waals surface area (Å²) < 4.78 is 72.6. The molecule has 0 aliphatic rings. The Labute approximate surface area is 244 Å². The topological polar surface area (TPSA) is 138 Å². The van der Waals surface area contributed by atoms with Gasteiger partial charge >= 0.3 is 12.2 Å². The number of hydrogen-bond donors (Lipinski definition) is 4. The van der Waals surface area contributed by atoms with Gasteiger partial charge in [0.15, 0.2) is 11.5 Å². The van der Waals surface area contributed by atoms with Gasteiger partial charge in [0.2, 0.25) is 0 Å². The summed E-state index contributed by atoms with van der Waals surface area (Å²) in [7, 11) is 0. The molecular weight excluding hydrogens is 587 g/mol. The van der Waals surface area contributed by atoms with Gasteiger partial charge in [-0.15, -0.1) is 0 Å². The molecule has 0 saturated heterocycles. The molecule has 6 rings (SSSR count). The molecule has 2 amide bonds. The number of imidazole rings is 2. The van der Waals surface area contributed by atoms with Crippen molar-refractivity contribution in [2.24, 2.45) is 0 Å². The number of fused-ring (bicyclic) bond motifs is 1. The number of benzene rings is 2. The van der Waals surface area contributed by atoms with Crippen molar-refractivity contribution in [1.29, 1.82) is 0 Å². The summed E-state index contributed by atoms with van der Waals surface area (Å²) in [6.45, 7) is 1.67. The standard InChI is InChI=1S/C28H19F5N10O/c1-14-10-43(13-39-14)17-8-15(28(31,32)33)7-16(9-17)40-27(44)41-20-5-4-19(29)23(21(20)30)42-25-18(3-2-6-34-25)22-24-26(37-11-35-22)38-12-36-24/h2-13H,1H3,(H,34,42)(H2,40,41,44)(H,35,36,37,38). The monoisotopic (exact) mass is 606 g/mol. The number of anilines is 4. The third kappa shape index (κ3) is 5.59. The van der Waals surface area contributed by atoms with E-state index in [0.29, 0.717) is 28.1 Å². The quantitative estimate of drug-likeness (QED) is 0.157. The number of urea groups is 1. The third-order valence-corrected chi connectivity index (χ3v) is 6.38. The molecule has 0 fully saturated rings. The van der Waals surface area contributed by atoms with Crippen molar-refractivity contribution in [3.63, 3.8) is 0 Å². The van der Waals surface area contributed by atoms with Gasteiger partial charge in [0.25, 0.3) is 0 Å². The van der Waals surface area contributed by atoms with Gasteiger partial charge in [-0.25, -0.2) is 38.5 Å². The van der Waals surface area contributed by atoms with Gasteiger partial charge < -0.3 is 25.5 Å². The lowest BCUT2D eigenvalue weighted by Gasteiger charge is -2.16. The van der Waals surface area contributed by atoms with E-state index in [1.807, 2.05) is 0 Å². The van der Waals surface area contributed by atoms with Crippen LogP contribution in [0.2, 0.25) is 0 Å². The molecule has 11 nitrogen and oxygen atoms in total. The molecule has 16 heteroatoms. The number of carbonyl (C=O) groups is 1. The number of hydrogen-bond acceptors (Lipinski definition) is 7. The summed E-state index contributed by atoms with van der Waals surface area (Å²) in [5.41, 5.74) is -0.185. The lowest BCUT2D eigenvalue weighted by molar-refractivity contribution is -0.137. The van der Waals surface area contributed by atoms with E-state index >= 15 is 4.39 Å². The van der Waals surface area contributed by atoms with Crippen LogP contribution < -0.4 is 16.0 Å². The number of amides is 2. The van der Waals surface area contributed by atoms with E-state index in [0.717, 1.165) is 24.3 Å². The first-order valence-electron chi connectivity index (χ1n) is 12.7. The second-order valence-electron chi connectivity index (χ2n) is 9.40. The van der Waals surface area contributed by atoms with Crippen LogP contribution in [0.4, 0.5) is 49.6 Å². The number of aromatic nitrogens is 7. The minimum absolute atomic E-state index is 0.0288. The number of nitrogens with zero attached hydrogens (tertiary/aromatic N) is 6. The summed E-state index contributed by atoms with van der Waals surface area (Å²) in [6.07, 6.45) is 2.23. The van der Waals surface area contributed by atoms with Crippen LogP contribution in [0.1, 0.15) is 11.3 Å². The summed E-state index contributed by atoms with van der Waals surface area (Å²) in [5.74, 6) is -2.17. The summed E-state index contributed by atoms with van der Waals surface area (Å²) in [6, 6.07) is 6.93. The molecule has 0 bridgehead atoms. The molecule has 0 atom stereocenters. The number of carbonyl (C=O) groups excluding carboxylic acids is 1. The lowest BCUT2D eigenvalue weighted by Crippen LogP contribution is -2.21. The van der Waals surface area contributed by atoms with Crippen LogP contribution in [-0.2, 0) is 6.18 Å². The van der Waals surface area contributed by atoms with Crippen LogP contribution in [0, 0.1) is 18.6 Å². The van der Waals surface area contributed by atoms with Crippen LogP contribution >= 0.6 is 0 Å². The van der Waals surface area contributed by atoms with E-state index in [1.165, 1.54) is 42.0 Å². The number of aryl methyl sites for hydroxylation is 1. The van der Waals surface area contributed by atoms with Crippen LogP contribution in [0.15, 0.2) is 73.8 Å². The molecule has 0 aliphatic carbocycles. The molecule has 4 aromatic heterocycles. The van der Waals surface area contributed by atoms with Crippen molar-refractivity contribution >= 4 is 40.1 Å². The van der Waals surface area contributed by atoms with E-state index in [2.05, 4.69) is 45.9 Å². The largest absolute Gasteiger partial charge is 0.416 e. The van der Waals surface area contributed by atoms with Crippen molar-refractivity contribution in [2.45, 2.75) is 13.1 Å². The highest BCUT2D eigenvalue weighted by Gasteiger charge is 2.31. The second-order valence-corrected chi connectivity index (χ2v) is 9.40. The van der Waals surface area contributed by atoms with Gasteiger partial charge in [-0.05, 0) is 49.4 Å². The summed E-state index contributed by atoms with van der Waals surface area (Å²) in [5, 5.41) is 7.10. The number of pyridine rings is 1. The average Bonchev–Trinajstić information content (AvgIpc) is 3.65. The first-order chi connectivity index (χ1) is 21.1. The second kappa shape index (κ2) is 11.0. The third-order valence-electron chi connectivity index (χ3n) is 6.38. The molecule has 2 aromatic carbocycles. The van der Waals surface area contributed by atoms with E-state index in [9.17, 15) is 22.4 Å². The maximum atomic E-state index is 15.6. The Hall–Kier alpha value is -5.93. The predicted octanol–water partition coefficient (Wildman–Crippen LogP) is 6.59. The highest BCUT2D eigenvalue weighted by Crippen LogP contribution is 2.35. The Morgan fingerprint density at radius 1 is 0.977 bits per heavy atom. The number of alkyl halides is 3. The maximum absolute atomic E-state index is 15.6. The number of rotatable bonds is 6. The number of aromatic amines is 1. The minimum Gasteiger partial charge on any atom is -0.335 e. The lowest BCUT2D eigenvalue weighted by atomic mass is 10.1. The Kier molecular flexibility index (Phi) is 7.08. The molecule has 0 saturated carbocycles. The minimum atomic E-state index is -4.72. The Balaban J connectivity index is 1.27. The number of H-pyrrole nitrogens is 1. The van der Waals surface area contributed by atoms with E-state index in [1.54, 1.807) is 19.1 Å². The summed E-state index contributed by atoms with van der Waals surface area (Å²) >= 11 is 0. The molecular formula is C28H19F5N10O. The molecule has 6 aromatic rings. The Bertz CT molecular complexity index is 2020. The maximum Gasteiger partial charge on any atom is 0.416 e. The zero-order valence-electron chi connectivity index (χ0n) is 22.4. The Morgan fingerprint density at radius 3 is 2.59 bits per heavy atom. The average molecular weight is 607 g/mol.